The number of ether oxygens (including phenoxy) is 2. The largest absolute Gasteiger partial charge is 0.496 e. The molecule has 0 N–H and O–H groups in total. The van der Waals surface area contributed by atoms with E-state index in [1.54, 1.807) is 23.0 Å². The molecule has 0 aromatic heterocycles. The fraction of sp³-hybridized carbons (Fsp3) is 0.556. The second-order valence-electron chi connectivity index (χ2n) is 6.81. The fourth-order valence-corrected chi connectivity index (χ4v) is 5.87. The predicted octanol–water partition coefficient (Wildman–Crippen LogP) is -0.279. The van der Waals surface area contributed by atoms with E-state index in [4.69, 9.17) is 9.47 Å². The van der Waals surface area contributed by atoms with Crippen molar-refractivity contribution in [1.82, 2.24) is 9.80 Å². The third-order valence-electron chi connectivity index (χ3n) is 5.12. The van der Waals surface area contributed by atoms with Crippen LogP contribution in [0.4, 0.5) is 0 Å². The maximum atomic E-state index is 12.9. The highest BCUT2D eigenvalue weighted by Gasteiger charge is 2.49. The Balaban J connectivity index is 1.80. The van der Waals surface area contributed by atoms with Crippen LogP contribution in [0.3, 0.4) is 0 Å². The molecule has 2 saturated heterocycles. The van der Waals surface area contributed by atoms with Crippen LogP contribution in [0.2, 0.25) is 0 Å². The summed E-state index contributed by atoms with van der Waals surface area (Å²) < 4.78 is 34.6. The third kappa shape index (κ3) is 4.08. The Labute approximate surface area is 158 Å². The molecule has 2 aliphatic heterocycles. The van der Waals surface area contributed by atoms with E-state index in [1.165, 1.54) is 7.11 Å². The molecular formula is C18H24N2O6S. The SMILES string of the molecule is COCC(=O)N1CCN(C(=O)Cc2ccccc2OC)[C@H]2CS(=O)(=O)C[C@H]21. The minimum Gasteiger partial charge on any atom is -0.496 e. The van der Waals surface area contributed by atoms with Gasteiger partial charge in [0.25, 0.3) is 0 Å². The third-order valence-corrected chi connectivity index (χ3v) is 6.82. The summed E-state index contributed by atoms with van der Waals surface area (Å²) in [5.74, 6) is -0.0281. The lowest BCUT2D eigenvalue weighted by molar-refractivity contribution is -0.147. The molecule has 0 saturated carbocycles. The van der Waals surface area contributed by atoms with Gasteiger partial charge in [0.15, 0.2) is 9.84 Å². The minimum absolute atomic E-state index is 0.0988. The summed E-state index contributed by atoms with van der Waals surface area (Å²) >= 11 is 0. The van der Waals surface area contributed by atoms with Gasteiger partial charge in [-0.15, -0.1) is 0 Å². The molecule has 0 bridgehead atoms. The van der Waals surface area contributed by atoms with Crippen molar-refractivity contribution in [2.24, 2.45) is 0 Å². The highest BCUT2D eigenvalue weighted by molar-refractivity contribution is 7.91. The smallest absolute Gasteiger partial charge is 0.248 e. The van der Waals surface area contributed by atoms with E-state index in [9.17, 15) is 18.0 Å². The molecule has 2 amide bonds. The van der Waals surface area contributed by atoms with Crippen molar-refractivity contribution < 1.29 is 27.5 Å². The van der Waals surface area contributed by atoms with Crippen LogP contribution in [-0.4, -0.2) is 87.5 Å². The molecule has 9 heteroatoms. The van der Waals surface area contributed by atoms with Gasteiger partial charge in [0.05, 0.1) is 37.1 Å². The molecule has 8 nitrogen and oxygen atoms in total. The molecule has 0 aliphatic carbocycles. The number of nitrogens with zero attached hydrogens (tertiary/aromatic N) is 2. The Morgan fingerprint density at radius 1 is 1.04 bits per heavy atom. The molecule has 2 atom stereocenters. The maximum absolute atomic E-state index is 12.9. The van der Waals surface area contributed by atoms with Crippen molar-refractivity contribution in [3.05, 3.63) is 29.8 Å². The van der Waals surface area contributed by atoms with Gasteiger partial charge in [-0.2, -0.15) is 0 Å². The molecule has 3 rings (SSSR count). The Morgan fingerprint density at radius 3 is 2.22 bits per heavy atom. The zero-order chi connectivity index (χ0) is 19.6. The molecule has 27 heavy (non-hydrogen) atoms. The Bertz CT molecular complexity index is 825. The normalized spacial score (nSPS) is 23.8. The molecule has 0 spiro atoms. The van der Waals surface area contributed by atoms with E-state index in [0.29, 0.717) is 18.8 Å². The number of methoxy groups -OCH3 is 2. The van der Waals surface area contributed by atoms with Gasteiger partial charge in [0.1, 0.15) is 12.4 Å². The molecule has 2 aliphatic rings. The van der Waals surface area contributed by atoms with Crippen molar-refractivity contribution in [2.45, 2.75) is 18.5 Å². The van der Waals surface area contributed by atoms with E-state index in [1.807, 2.05) is 18.2 Å². The van der Waals surface area contributed by atoms with E-state index in [2.05, 4.69) is 0 Å². The summed E-state index contributed by atoms with van der Waals surface area (Å²) in [6.07, 6.45) is 0.124. The summed E-state index contributed by atoms with van der Waals surface area (Å²) in [7, 11) is -0.347. The van der Waals surface area contributed by atoms with Crippen molar-refractivity contribution in [3.63, 3.8) is 0 Å². The number of hydrogen-bond acceptors (Lipinski definition) is 6. The van der Waals surface area contributed by atoms with Crippen LogP contribution < -0.4 is 4.74 Å². The number of benzene rings is 1. The van der Waals surface area contributed by atoms with Crippen LogP contribution >= 0.6 is 0 Å². The zero-order valence-electron chi connectivity index (χ0n) is 15.5. The number of piperazine rings is 1. The van der Waals surface area contributed by atoms with Crippen LogP contribution in [0.5, 0.6) is 5.75 Å². The second kappa shape index (κ2) is 7.85. The van der Waals surface area contributed by atoms with E-state index in [0.717, 1.165) is 5.56 Å². The number of amides is 2. The van der Waals surface area contributed by atoms with Crippen LogP contribution in [0.25, 0.3) is 0 Å². The lowest BCUT2D eigenvalue weighted by Crippen LogP contribution is -2.62. The van der Waals surface area contributed by atoms with Gasteiger partial charge in [0, 0.05) is 25.8 Å². The summed E-state index contributed by atoms with van der Waals surface area (Å²) in [4.78, 5) is 28.4. The monoisotopic (exact) mass is 396 g/mol. The second-order valence-corrected chi connectivity index (χ2v) is 8.96. The van der Waals surface area contributed by atoms with Gasteiger partial charge >= 0.3 is 0 Å². The number of para-hydroxylation sites is 1. The van der Waals surface area contributed by atoms with Crippen LogP contribution in [0.1, 0.15) is 5.56 Å². The number of carbonyl (C=O) groups is 2. The fourth-order valence-electron chi connectivity index (χ4n) is 3.89. The Morgan fingerprint density at radius 2 is 1.63 bits per heavy atom. The van der Waals surface area contributed by atoms with Gasteiger partial charge in [-0.05, 0) is 6.07 Å². The van der Waals surface area contributed by atoms with E-state index < -0.39 is 21.9 Å². The standard InChI is InChI=1S/C18H24N2O6S/c1-25-10-18(22)20-8-7-19(14-11-27(23,24)12-15(14)20)17(21)9-13-5-3-4-6-16(13)26-2/h3-6,14-15H,7-12H2,1-2H3/t14-,15+/m0/s1. The maximum Gasteiger partial charge on any atom is 0.248 e. The Kier molecular flexibility index (Phi) is 5.71. The molecule has 1 aromatic carbocycles. The van der Waals surface area contributed by atoms with Crippen molar-refractivity contribution in [3.8, 4) is 5.75 Å². The van der Waals surface area contributed by atoms with E-state index in [-0.39, 0.29) is 36.3 Å². The first-order chi connectivity index (χ1) is 12.9. The molecule has 1 aromatic rings. The average molecular weight is 396 g/mol. The molecule has 0 unspecified atom stereocenters. The predicted molar refractivity (Wildman–Crippen MR) is 98.2 cm³/mol. The highest BCUT2D eigenvalue weighted by atomic mass is 32.2. The van der Waals surface area contributed by atoms with Crippen LogP contribution in [-0.2, 0) is 30.6 Å². The van der Waals surface area contributed by atoms with Gasteiger partial charge in [-0.25, -0.2) is 8.42 Å². The molecular weight excluding hydrogens is 372 g/mol. The van der Waals surface area contributed by atoms with Gasteiger partial charge in [-0.1, -0.05) is 18.2 Å². The van der Waals surface area contributed by atoms with Gasteiger partial charge in [0.2, 0.25) is 11.8 Å². The average Bonchev–Trinajstić information content (AvgIpc) is 2.96. The molecule has 0 radical (unpaired) electrons. The molecule has 2 heterocycles. The van der Waals surface area contributed by atoms with Crippen LogP contribution in [0, 0.1) is 0 Å². The summed E-state index contributed by atoms with van der Waals surface area (Å²) in [5, 5.41) is 0. The summed E-state index contributed by atoms with van der Waals surface area (Å²) in [6.45, 7) is 0.509. The lowest BCUT2D eigenvalue weighted by atomic mass is 10.0. The van der Waals surface area contributed by atoms with E-state index >= 15 is 0 Å². The number of sulfone groups is 1. The Hall–Kier alpha value is -2.13. The zero-order valence-corrected chi connectivity index (χ0v) is 16.3. The molecule has 148 valence electrons. The summed E-state index contributed by atoms with van der Waals surface area (Å²) in [6, 6.07) is 6.21. The first-order valence-corrected chi connectivity index (χ1v) is 10.6. The number of hydrogen-bond donors (Lipinski definition) is 0. The van der Waals surface area contributed by atoms with Gasteiger partial charge < -0.3 is 19.3 Å². The first-order valence-electron chi connectivity index (χ1n) is 8.76. The number of rotatable bonds is 5. The van der Waals surface area contributed by atoms with Crippen molar-refractivity contribution >= 4 is 21.7 Å². The summed E-state index contributed by atoms with van der Waals surface area (Å²) in [5.41, 5.74) is 0.750. The van der Waals surface area contributed by atoms with Crippen molar-refractivity contribution in [1.29, 1.82) is 0 Å². The quantitative estimate of drug-likeness (QED) is 0.680. The van der Waals surface area contributed by atoms with Crippen molar-refractivity contribution in [2.75, 3.05) is 45.4 Å². The number of carbonyl (C=O) groups excluding carboxylic acids is 2. The molecule has 2 fully saturated rings. The minimum atomic E-state index is -3.32. The number of fused-ring (bicyclic) bond motifs is 1. The topological polar surface area (TPSA) is 93.2 Å². The lowest BCUT2D eigenvalue weighted by Gasteiger charge is -2.44. The first kappa shape index (κ1) is 19.6. The van der Waals surface area contributed by atoms with Gasteiger partial charge in [-0.3, -0.25) is 9.59 Å². The highest BCUT2D eigenvalue weighted by Crippen LogP contribution is 2.28. The van der Waals surface area contributed by atoms with Crippen LogP contribution in [0.15, 0.2) is 24.3 Å².